The number of aliphatic hydroxyl groups excluding tert-OH is 1. The van der Waals surface area contributed by atoms with Crippen molar-refractivity contribution in [3.63, 3.8) is 0 Å². The third-order valence-corrected chi connectivity index (χ3v) is 4.29. The van der Waals surface area contributed by atoms with Gasteiger partial charge in [-0.05, 0) is 39.3 Å². The van der Waals surface area contributed by atoms with Gasteiger partial charge in [0.1, 0.15) is 0 Å². The molecule has 0 heterocycles. The molecular weight excluding hydrogens is 224 g/mol. The van der Waals surface area contributed by atoms with Crippen molar-refractivity contribution in [3.05, 3.63) is 0 Å². The second-order valence-electron chi connectivity index (χ2n) is 5.24. The number of hydrogen-bond donors (Lipinski definition) is 2. The highest BCUT2D eigenvalue weighted by atomic mass is 16.3. The zero-order valence-electron chi connectivity index (χ0n) is 13.3. The predicted molar refractivity (Wildman–Crippen MR) is 80.0 cm³/mol. The molecule has 0 bridgehead atoms. The summed E-state index contributed by atoms with van der Waals surface area (Å²) in [7, 11) is 0. The van der Waals surface area contributed by atoms with Crippen LogP contribution in [0, 0.1) is 0 Å². The lowest BCUT2D eigenvalue weighted by molar-refractivity contribution is 0.0773. The first-order valence-electron chi connectivity index (χ1n) is 7.68. The Labute approximate surface area is 114 Å². The summed E-state index contributed by atoms with van der Waals surface area (Å²) in [5.41, 5.74) is 0.123. The topological polar surface area (TPSA) is 35.5 Å². The van der Waals surface area contributed by atoms with Gasteiger partial charge in [0.2, 0.25) is 0 Å². The summed E-state index contributed by atoms with van der Waals surface area (Å²) in [6, 6.07) is 0.543. The molecule has 0 radical (unpaired) electrons. The van der Waals surface area contributed by atoms with Crippen LogP contribution in [-0.2, 0) is 0 Å². The summed E-state index contributed by atoms with van der Waals surface area (Å²) in [5.74, 6) is 0. The van der Waals surface area contributed by atoms with Gasteiger partial charge in [0, 0.05) is 18.1 Å². The molecule has 0 saturated carbocycles. The number of nitrogens with zero attached hydrogens (tertiary/aromatic N) is 1. The number of likely N-dealkylation sites (N-methyl/N-ethyl adjacent to an activating group) is 1. The maximum Gasteiger partial charge on any atom is 0.0636 e. The SMILES string of the molecule is CCC(N(CC)CC)C(CC)(CC)NCC(C)O. The molecule has 0 aliphatic carbocycles. The molecule has 2 atom stereocenters. The van der Waals surface area contributed by atoms with E-state index in [-0.39, 0.29) is 11.6 Å². The number of nitrogens with one attached hydrogen (secondary N) is 1. The van der Waals surface area contributed by atoms with Crippen LogP contribution in [0.2, 0.25) is 0 Å². The van der Waals surface area contributed by atoms with Gasteiger partial charge < -0.3 is 10.4 Å². The molecule has 0 saturated heterocycles. The predicted octanol–water partition coefficient (Wildman–Crippen LogP) is 2.64. The van der Waals surface area contributed by atoms with Crippen molar-refractivity contribution < 1.29 is 5.11 Å². The molecule has 2 unspecified atom stereocenters. The molecule has 0 fully saturated rings. The third kappa shape index (κ3) is 4.52. The summed E-state index contributed by atoms with van der Waals surface area (Å²) in [6.45, 7) is 16.0. The van der Waals surface area contributed by atoms with E-state index in [0.29, 0.717) is 12.6 Å². The minimum atomic E-state index is -0.281. The van der Waals surface area contributed by atoms with Crippen molar-refractivity contribution in [1.29, 1.82) is 0 Å². The first-order valence-corrected chi connectivity index (χ1v) is 7.68. The Morgan fingerprint density at radius 2 is 1.56 bits per heavy atom. The molecule has 0 aliphatic heterocycles. The molecule has 0 aromatic heterocycles. The van der Waals surface area contributed by atoms with E-state index in [1.807, 2.05) is 6.92 Å². The number of hydrogen-bond acceptors (Lipinski definition) is 3. The Bertz CT molecular complexity index is 199. The van der Waals surface area contributed by atoms with Crippen molar-refractivity contribution in [1.82, 2.24) is 10.2 Å². The highest BCUT2D eigenvalue weighted by Crippen LogP contribution is 2.26. The maximum atomic E-state index is 9.54. The van der Waals surface area contributed by atoms with Crippen molar-refractivity contribution >= 4 is 0 Å². The Balaban J connectivity index is 4.99. The van der Waals surface area contributed by atoms with Gasteiger partial charge in [-0.3, -0.25) is 4.90 Å². The second kappa shape index (κ2) is 8.89. The molecule has 18 heavy (non-hydrogen) atoms. The van der Waals surface area contributed by atoms with Gasteiger partial charge in [-0.2, -0.15) is 0 Å². The average molecular weight is 258 g/mol. The number of rotatable bonds is 10. The van der Waals surface area contributed by atoms with Crippen LogP contribution >= 0.6 is 0 Å². The summed E-state index contributed by atoms with van der Waals surface area (Å²) in [4.78, 5) is 2.54. The van der Waals surface area contributed by atoms with Crippen molar-refractivity contribution in [2.24, 2.45) is 0 Å². The van der Waals surface area contributed by atoms with E-state index in [1.165, 1.54) is 0 Å². The Kier molecular flexibility index (Phi) is 8.83. The highest BCUT2D eigenvalue weighted by Gasteiger charge is 2.36. The van der Waals surface area contributed by atoms with Crippen LogP contribution in [0.25, 0.3) is 0 Å². The van der Waals surface area contributed by atoms with E-state index >= 15 is 0 Å². The first kappa shape index (κ1) is 17.9. The van der Waals surface area contributed by atoms with E-state index in [2.05, 4.69) is 44.8 Å². The Morgan fingerprint density at radius 1 is 1.06 bits per heavy atom. The fourth-order valence-corrected chi connectivity index (χ4v) is 3.10. The zero-order valence-corrected chi connectivity index (χ0v) is 13.3. The molecule has 0 aromatic rings. The van der Waals surface area contributed by atoms with Crippen LogP contribution in [0.1, 0.15) is 60.8 Å². The van der Waals surface area contributed by atoms with Crippen LogP contribution in [0.15, 0.2) is 0 Å². The first-order chi connectivity index (χ1) is 8.51. The standard InChI is InChI=1S/C15H34N2O/c1-7-14(17(10-4)11-5)15(8-2,9-3)16-12-13(6)18/h13-14,16,18H,7-12H2,1-6H3. The van der Waals surface area contributed by atoms with Gasteiger partial charge >= 0.3 is 0 Å². The minimum Gasteiger partial charge on any atom is -0.392 e. The Morgan fingerprint density at radius 3 is 1.83 bits per heavy atom. The van der Waals surface area contributed by atoms with Gasteiger partial charge in [0.25, 0.3) is 0 Å². The van der Waals surface area contributed by atoms with Crippen LogP contribution in [-0.4, -0.2) is 47.3 Å². The van der Waals surface area contributed by atoms with Crippen LogP contribution in [0.4, 0.5) is 0 Å². The largest absolute Gasteiger partial charge is 0.392 e. The van der Waals surface area contributed by atoms with Gasteiger partial charge in [0.05, 0.1) is 6.10 Å². The lowest BCUT2D eigenvalue weighted by atomic mass is 9.81. The molecule has 110 valence electrons. The van der Waals surface area contributed by atoms with E-state index < -0.39 is 0 Å². The van der Waals surface area contributed by atoms with Gasteiger partial charge in [-0.15, -0.1) is 0 Å². The van der Waals surface area contributed by atoms with Crippen molar-refractivity contribution in [2.75, 3.05) is 19.6 Å². The van der Waals surface area contributed by atoms with Crippen LogP contribution < -0.4 is 5.32 Å². The summed E-state index contributed by atoms with van der Waals surface area (Å²) >= 11 is 0. The zero-order chi connectivity index (χ0) is 14.2. The average Bonchev–Trinajstić information content (AvgIpc) is 2.38. The molecule has 0 aromatic carbocycles. The third-order valence-electron chi connectivity index (χ3n) is 4.29. The van der Waals surface area contributed by atoms with Crippen LogP contribution in [0.5, 0.6) is 0 Å². The second-order valence-corrected chi connectivity index (χ2v) is 5.24. The van der Waals surface area contributed by atoms with Gasteiger partial charge in [-0.25, -0.2) is 0 Å². The molecule has 2 N–H and O–H groups in total. The quantitative estimate of drug-likeness (QED) is 0.632. The van der Waals surface area contributed by atoms with E-state index in [1.54, 1.807) is 0 Å². The van der Waals surface area contributed by atoms with E-state index in [9.17, 15) is 5.11 Å². The van der Waals surface area contributed by atoms with Gasteiger partial charge in [0.15, 0.2) is 0 Å². The van der Waals surface area contributed by atoms with Gasteiger partial charge in [-0.1, -0.05) is 34.6 Å². The van der Waals surface area contributed by atoms with Crippen molar-refractivity contribution in [2.45, 2.75) is 78.5 Å². The fraction of sp³-hybridized carbons (Fsp3) is 1.00. The minimum absolute atomic E-state index is 0.123. The summed E-state index contributed by atoms with van der Waals surface area (Å²) in [6.07, 6.45) is 3.07. The van der Waals surface area contributed by atoms with Crippen molar-refractivity contribution in [3.8, 4) is 0 Å². The Hall–Kier alpha value is -0.120. The summed E-state index contributed by atoms with van der Waals surface area (Å²) < 4.78 is 0. The lowest BCUT2D eigenvalue weighted by Crippen LogP contribution is -2.61. The summed E-state index contributed by atoms with van der Waals surface area (Å²) in [5, 5.41) is 13.2. The fourth-order valence-electron chi connectivity index (χ4n) is 3.10. The monoisotopic (exact) mass is 258 g/mol. The molecular formula is C15H34N2O. The normalized spacial score (nSPS) is 16.0. The molecule has 3 heteroatoms. The van der Waals surface area contributed by atoms with Crippen LogP contribution in [0.3, 0.4) is 0 Å². The lowest BCUT2D eigenvalue weighted by Gasteiger charge is -2.46. The molecule has 0 rings (SSSR count). The maximum absolute atomic E-state index is 9.54. The molecule has 0 spiro atoms. The number of aliphatic hydroxyl groups is 1. The molecule has 0 aliphatic rings. The number of β-amino-alcohol motifs (C(OH)–C–C–N with tert-alkyl or cyclic N) is 1. The van der Waals surface area contributed by atoms with E-state index in [4.69, 9.17) is 0 Å². The van der Waals surface area contributed by atoms with E-state index in [0.717, 1.165) is 32.4 Å². The highest BCUT2D eigenvalue weighted by molar-refractivity contribution is 4.97. The molecule has 0 amide bonds. The molecule has 3 nitrogen and oxygen atoms in total. The smallest absolute Gasteiger partial charge is 0.0636 e.